The van der Waals surface area contributed by atoms with Crippen molar-refractivity contribution in [2.75, 3.05) is 6.61 Å². The highest BCUT2D eigenvalue weighted by Gasteiger charge is 2.19. The third-order valence-electron chi connectivity index (χ3n) is 4.93. The van der Waals surface area contributed by atoms with Crippen LogP contribution in [0.25, 0.3) is 28.2 Å². The number of pyridine rings is 1. The molecule has 31 heavy (non-hydrogen) atoms. The zero-order valence-corrected chi connectivity index (χ0v) is 18.5. The lowest BCUT2D eigenvalue weighted by molar-refractivity contribution is 0.0696. The van der Waals surface area contributed by atoms with Crippen molar-refractivity contribution >= 4 is 30.9 Å². The average molecular weight is 435 g/mol. The van der Waals surface area contributed by atoms with E-state index in [9.17, 15) is 9.90 Å². The van der Waals surface area contributed by atoms with Crippen molar-refractivity contribution in [3.05, 3.63) is 48.0 Å². The molecule has 0 aliphatic rings. The predicted molar refractivity (Wildman–Crippen MR) is 117 cm³/mol. The zero-order valence-electron chi connectivity index (χ0n) is 17.5. The monoisotopic (exact) mass is 434 g/mol. The van der Waals surface area contributed by atoms with E-state index in [0.717, 1.165) is 6.04 Å². The van der Waals surface area contributed by atoms with E-state index in [2.05, 4.69) is 40.7 Å². The third kappa shape index (κ3) is 4.19. The largest absolute Gasteiger partial charge is 0.478 e. The van der Waals surface area contributed by atoms with Gasteiger partial charge >= 0.3 is 5.97 Å². The fourth-order valence-electron chi connectivity index (χ4n) is 3.21. The molecular weight excluding hydrogens is 412 g/mol. The van der Waals surface area contributed by atoms with Gasteiger partial charge in [0.15, 0.2) is 5.65 Å². The van der Waals surface area contributed by atoms with Crippen molar-refractivity contribution in [2.45, 2.75) is 32.4 Å². The molecule has 4 rings (SSSR count). The number of aromatic nitrogens is 5. The van der Waals surface area contributed by atoms with E-state index in [-0.39, 0.29) is 12.3 Å². The summed E-state index contributed by atoms with van der Waals surface area (Å²) in [5, 5.41) is 18.7. The van der Waals surface area contributed by atoms with Crippen LogP contribution in [-0.2, 0) is 11.5 Å². The lowest BCUT2D eigenvalue weighted by atomic mass is 10.2. The van der Waals surface area contributed by atoms with Gasteiger partial charge in [0.1, 0.15) is 29.2 Å². The molecule has 0 saturated heterocycles. The molecular formula is C21H22N6O3Si. The summed E-state index contributed by atoms with van der Waals surface area (Å²) in [5.41, 5.74) is 3.07. The number of nitriles is 1. The first-order valence-electron chi connectivity index (χ1n) is 9.81. The smallest absolute Gasteiger partial charge is 0.339 e. The van der Waals surface area contributed by atoms with Crippen molar-refractivity contribution in [3.63, 3.8) is 0 Å². The predicted octanol–water partition coefficient (Wildman–Crippen LogP) is 3.63. The van der Waals surface area contributed by atoms with Crippen LogP contribution >= 0.6 is 0 Å². The van der Waals surface area contributed by atoms with Gasteiger partial charge in [-0.2, -0.15) is 5.26 Å². The van der Waals surface area contributed by atoms with Crippen LogP contribution in [-0.4, -0.2) is 49.7 Å². The summed E-state index contributed by atoms with van der Waals surface area (Å²) in [7, 11) is -1.21. The van der Waals surface area contributed by atoms with Crippen molar-refractivity contribution in [2.24, 2.45) is 0 Å². The minimum Gasteiger partial charge on any atom is -0.478 e. The van der Waals surface area contributed by atoms with Gasteiger partial charge in [-0.3, -0.25) is 4.40 Å². The molecule has 0 unspecified atom stereocenters. The molecule has 0 atom stereocenters. The van der Waals surface area contributed by atoms with Gasteiger partial charge in [-0.1, -0.05) is 19.6 Å². The van der Waals surface area contributed by atoms with Crippen LogP contribution in [0.3, 0.4) is 0 Å². The Kier molecular flexibility index (Phi) is 5.30. The molecule has 0 saturated carbocycles. The second kappa shape index (κ2) is 7.94. The van der Waals surface area contributed by atoms with Gasteiger partial charge in [-0.25, -0.2) is 19.7 Å². The molecule has 0 aliphatic heterocycles. The van der Waals surface area contributed by atoms with Crippen LogP contribution in [0.1, 0.15) is 15.9 Å². The van der Waals surface area contributed by atoms with Gasteiger partial charge in [0.05, 0.1) is 29.7 Å². The molecule has 0 bridgehead atoms. The molecule has 0 radical (unpaired) electrons. The highest BCUT2D eigenvalue weighted by molar-refractivity contribution is 6.76. The normalized spacial score (nSPS) is 11.8. The number of nitrogens with zero attached hydrogens (tertiary/aromatic N) is 6. The minimum absolute atomic E-state index is 0.0683. The van der Waals surface area contributed by atoms with E-state index in [1.807, 2.05) is 0 Å². The van der Waals surface area contributed by atoms with E-state index in [1.54, 1.807) is 39.7 Å². The first kappa shape index (κ1) is 20.7. The summed E-state index contributed by atoms with van der Waals surface area (Å²) in [4.78, 5) is 25.2. The summed E-state index contributed by atoms with van der Waals surface area (Å²) >= 11 is 0. The number of hydrogen-bond acceptors (Lipinski definition) is 6. The highest BCUT2D eigenvalue weighted by atomic mass is 28.3. The van der Waals surface area contributed by atoms with Crippen molar-refractivity contribution < 1.29 is 14.6 Å². The van der Waals surface area contributed by atoms with Crippen LogP contribution in [0.2, 0.25) is 25.7 Å². The van der Waals surface area contributed by atoms with E-state index >= 15 is 0 Å². The van der Waals surface area contributed by atoms with Crippen LogP contribution in [0.4, 0.5) is 0 Å². The molecule has 1 N–H and O–H groups in total. The number of carbonyl (C=O) groups is 1. The van der Waals surface area contributed by atoms with E-state index < -0.39 is 14.0 Å². The lowest BCUT2D eigenvalue weighted by Crippen LogP contribution is -2.22. The van der Waals surface area contributed by atoms with Crippen molar-refractivity contribution in [1.29, 1.82) is 5.26 Å². The second-order valence-corrected chi connectivity index (χ2v) is 14.1. The number of fused-ring (bicyclic) bond motifs is 2. The number of hydrogen-bond donors (Lipinski definition) is 1. The Morgan fingerprint density at radius 2 is 2.10 bits per heavy atom. The standard InChI is InChI=1S/C21H22N6O3Si/c1-31(2,3)7-6-30-13-26-12-15(21(28)29)19-20(26)24-10-16(25-19)17-11-23-18-8-14(9-22)4-5-27(17)18/h4-5,8,10-12H,6-7,13H2,1-3H3,(H,28,29). The molecule has 0 fully saturated rings. The van der Waals surface area contributed by atoms with E-state index in [4.69, 9.17) is 10.00 Å². The number of carboxylic acid groups (broad SMARTS) is 1. The number of rotatable bonds is 7. The summed E-state index contributed by atoms with van der Waals surface area (Å²) in [6, 6.07) is 6.46. The molecule has 0 amide bonds. The number of carboxylic acids is 1. The van der Waals surface area contributed by atoms with Crippen LogP contribution < -0.4 is 0 Å². The third-order valence-corrected chi connectivity index (χ3v) is 6.63. The molecule has 10 heteroatoms. The Bertz CT molecular complexity index is 1330. The summed E-state index contributed by atoms with van der Waals surface area (Å²) in [6.07, 6.45) is 6.47. The lowest BCUT2D eigenvalue weighted by Gasteiger charge is -2.15. The van der Waals surface area contributed by atoms with Crippen LogP contribution in [0, 0.1) is 11.3 Å². The maximum Gasteiger partial charge on any atom is 0.339 e. The van der Waals surface area contributed by atoms with Gasteiger partial charge in [-0.15, -0.1) is 0 Å². The Morgan fingerprint density at radius 3 is 2.81 bits per heavy atom. The van der Waals surface area contributed by atoms with E-state index in [0.29, 0.717) is 40.4 Å². The maximum absolute atomic E-state index is 11.8. The average Bonchev–Trinajstić information content (AvgIpc) is 3.31. The molecule has 0 aliphatic carbocycles. The van der Waals surface area contributed by atoms with Crippen LogP contribution in [0.5, 0.6) is 0 Å². The molecule has 4 aromatic heterocycles. The highest BCUT2D eigenvalue weighted by Crippen LogP contribution is 2.24. The second-order valence-electron chi connectivity index (χ2n) is 8.49. The minimum atomic E-state index is -1.21. The fraction of sp³-hybridized carbons (Fsp3) is 0.286. The molecule has 9 nitrogen and oxygen atoms in total. The first-order valence-corrected chi connectivity index (χ1v) is 13.5. The topological polar surface area (TPSA) is 118 Å². The number of aromatic carboxylic acids is 1. The van der Waals surface area contributed by atoms with Gasteiger partial charge in [0.2, 0.25) is 0 Å². The maximum atomic E-state index is 11.8. The molecule has 0 spiro atoms. The Balaban J connectivity index is 1.70. The van der Waals surface area contributed by atoms with Gasteiger partial charge < -0.3 is 14.4 Å². The fourth-order valence-corrected chi connectivity index (χ4v) is 3.97. The Hall–Kier alpha value is -3.55. The molecule has 158 valence electrons. The van der Waals surface area contributed by atoms with E-state index in [1.165, 1.54) is 6.20 Å². The van der Waals surface area contributed by atoms with Gasteiger partial charge in [0.25, 0.3) is 0 Å². The van der Waals surface area contributed by atoms with Gasteiger partial charge in [0, 0.05) is 27.1 Å². The number of imidazole rings is 1. The number of ether oxygens (including phenoxy) is 1. The SMILES string of the molecule is C[Si](C)(C)CCOCn1cc(C(=O)O)c2nc(-c3cnc4cc(C#N)ccn34)cnc21. The Morgan fingerprint density at radius 1 is 1.29 bits per heavy atom. The molecule has 4 aromatic rings. The summed E-state index contributed by atoms with van der Waals surface area (Å²) in [5.74, 6) is -1.07. The summed E-state index contributed by atoms with van der Waals surface area (Å²) in [6.45, 7) is 7.67. The zero-order chi connectivity index (χ0) is 22.2. The summed E-state index contributed by atoms with van der Waals surface area (Å²) < 4.78 is 9.23. The molecule has 4 heterocycles. The van der Waals surface area contributed by atoms with Crippen molar-refractivity contribution in [1.82, 2.24) is 23.9 Å². The molecule has 0 aromatic carbocycles. The van der Waals surface area contributed by atoms with Gasteiger partial charge in [-0.05, 0) is 18.2 Å². The first-order chi connectivity index (χ1) is 14.8. The van der Waals surface area contributed by atoms with Crippen LogP contribution in [0.15, 0.2) is 36.9 Å². The quantitative estimate of drug-likeness (QED) is 0.348. The Labute approximate surface area is 179 Å². The van der Waals surface area contributed by atoms with Crippen molar-refractivity contribution in [3.8, 4) is 17.5 Å².